The lowest BCUT2D eigenvalue weighted by Gasteiger charge is -2.13. The van der Waals surface area contributed by atoms with Gasteiger partial charge < -0.3 is 19.7 Å². The molecule has 2 aromatic carbocycles. The summed E-state index contributed by atoms with van der Waals surface area (Å²) >= 11 is 1.23. The van der Waals surface area contributed by atoms with Crippen molar-refractivity contribution in [2.75, 3.05) is 44.3 Å². The predicted octanol–water partition coefficient (Wildman–Crippen LogP) is 2.48. The average molecular weight is 414 g/mol. The number of thioether (sulfide) groups is 1. The second kappa shape index (κ2) is 9.28. The minimum Gasteiger partial charge on any atom is -0.497 e. The number of tetrazole rings is 1. The fraction of sp³-hybridized carbons (Fsp3) is 0.263. The van der Waals surface area contributed by atoms with Gasteiger partial charge in [0, 0.05) is 31.5 Å². The molecule has 152 valence electrons. The number of aromatic nitrogens is 4. The summed E-state index contributed by atoms with van der Waals surface area (Å²) < 4.78 is 12.2. The zero-order valence-electron chi connectivity index (χ0n) is 16.6. The molecule has 29 heavy (non-hydrogen) atoms. The molecule has 0 aliphatic heterocycles. The Hall–Kier alpha value is -3.27. The molecule has 0 radical (unpaired) electrons. The van der Waals surface area contributed by atoms with E-state index >= 15 is 0 Å². The van der Waals surface area contributed by atoms with Crippen LogP contribution in [0.25, 0.3) is 5.69 Å². The first-order valence-electron chi connectivity index (χ1n) is 8.72. The average Bonchev–Trinajstić information content (AvgIpc) is 3.20. The van der Waals surface area contributed by atoms with Gasteiger partial charge in [-0.2, -0.15) is 4.68 Å². The van der Waals surface area contributed by atoms with Crippen LogP contribution in [0.15, 0.2) is 47.6 Å². The van der Waals surface area contributed by atoms with Crippen LogP contribution in [-0.2, 0) is 4.79 Å². The molecule has 3 aromatic rings. The van der Waals surface area contributed by atoms with E-state index in [9.17, 15) is 4.79 Å². The lowest BCUT2D eigenvalue weighted by atomic mass is 10.2. The summed E-state index contributed by atoms with van der Waals surface area (Å²) in [6.45, 7) is 0. The highest BCUT2D eigenvalue weighted by Gasteiger charge is 2.16. The van der Waals surface area contributed by atoms with Crippen molar-refractivity contribution in [3.8, 4) is 17.2 Å². The molecule has 0 unspecified atom stereocenters. The van der Waals surface area contributed by atoms with Crippen molar-refractivity contribution in [1.29, 1.82) is 0 Å². The van der Waals surface area contributed by atoms with E-state index in [-0.39, 0.29) is 11.7 Å². The number of nitrogens with one attached hydrogen (secondary N) is 1. The zero-order chi connectivity index (χ0) is 20.8. The van der Waals surface area contributed by atoms with Crippen LogP contribution in [0.4, 0.5) is 11.4 Å². The molecular formula is C19H22N6O3S. The fourth-order valence-corrected chi connectivity index (χ4v) is 3.23. The maximum Gasteiger partial charge on any atom is 0.234 e. The molecule has 0 aliphatic rings. The van der Waals surface area contributed by atoms with Gasteiger partial charge in [0.25, 0.3) is 0 Å². The number of benzene rings is 2. The minimum absolute atomic E-state index is 0.149. The van der Waals surface area contributed by atoms with Gasteiger partial charge in [0.15, 0.2) is 0 Å². The van der Waals surface area contributed by atoms with Crippen LogP contribution in [0.5, 0.6) is 11.5 Å². The molecular weight excluding hydrogens is 392 g/mol. The summed E-state index contributed by atoms with van der Waals surface area (Å²) in [7, 11) is 7.07. The van der Waals surface area contributed by atoms with Crippen molar-refractivity contribution in [1.82, 2.24) is 20.2 Å². The van der Waals surface area contributed by atoms with Crippen LogP contribution in [0.1, 0.15) is 0 Å². The molecule has 0 fully saturated rings. The van der Waals surface area contributed by atoms with Crippen molar-refractivity contribution in [3.63, 3.8) is 0 Å². The Morgan fingerprint density at radius 1 is 1.14 bits per heavy atom. The topological polar surface area (TPSA) is 94.4 Å². The standard InChI is InChI=1S/C19H22N6O3S/c1-24(2)14-7-5-13(6-8-14)20-18(26)12-29-19-21-22-23-25(19)16-10-9-15(27-3)11-17(16)28-4/h5-11H,12H2,1-4H3,(H,20,26). The van der Waals surface area contributed by atoms with E-state index in [1.54, 1.807) is 32.4 Å². The third kappa shape index (κ3) is 4.96. The van der Waals surface area contributed by atoms with E-state index in [1.165, 1.54) is 16.4 Å². The predicted molar refractivity (Wildman–Crippen MR) is 112 cm³/mol. The maximum atomic E-state index is 12.3. The Labute approximate surface area is 173 Å². The van der Waals surface area contributed by atoms with Crippen LogP contribution >= 0.6 is 11.8 Å². The Morgan fingerprint density at radius 2 is 1.90 bits per heavy atom. The Bertz CT molecular complexity index is 974. The summed E-state index contributed by atoms with van der Waals surface area (Å²) in [6, 6.07) is 12.9. The highest BCUT2D eigenvalue weighted by Crippen LogP contribution is 2.29. The molecule has 0 saturated carbocycles. The van der Waals surface area contributed by atoms with Crippen molar-refractivity contribution in [2.24, 2.45) is 0 Å². The molecule has 9 nitrogen and oxygen atoms in total. The molecule has 1 heterocycles. The summed E-state index contributed by atoms with van der Waals surface area (Å²) in [4.78, 5) is 14.3. The van der Waals surface area contributed by atoms with E-state index in [4.69, 9.17) is 9.47 Å². The van der Waals surface area contributed by atoms with Crippen molar-refractivity contribution in [3.05, 3.63) is 42.5 Å². The van der Waals surface area contributed by atoms with Gasteiger partial charge in [-0.25, -0.2) is 0 Å². The summed E-state index contributed by atoms with van der Waals surface area (Å²) in [5.74, 6) is 1.23. The first-order chi connectivity index (χ1) is 14.0. The lowest BCUT2D eigenvalue weighted by molar-refractivity contribution is -0.113. The van der Waals surface area contributed by atoms with Gasteiger partial charge in [-0.15, -0.1) is 5.10 Å². The van der Waals surface area contributed by atoms with E-state index < -0.39 is 0 Å². The van der Waals surface area contributed by atoms with Gasteiger partial charge in [0.05, 0.1) is 20.0 Å². The normalized spacial score (nSPS) is 10.5. The van der Waals surface area contributed by atoms with Gasteiger partial charge >= 0.3 is 0 Å². The molecule has 0 saturated heterocycles. The molecule has 1 amide bonds. The van der Waals surface area contributed by atoms with Crippen molar-refractivity contribution in [2.45, 2.75) is 5.16 Å². The third-order valence-corrected chi connectivity index (χ3v) is 4.98. The monoisotopic (exact) mass is 414 g/mol. The molecule has 1 aromatic heterocycles. The number of anilines is 2. The number of rotatable bonds is 8. The van der Waals surface area contributed by atoms with Gasteiger partial charge in [0.2, 0.25) is 11.1 Å². The highest BCUT2D eigenvalue weighted by molar-refractivity contribution is 7.99. The van der Waals surface area contributed by atoms with Crippen LogP contribution in [0.3, 0.4) is 0 Å². The number of hydrogen-bond acceptors (Lipinski definition) is 8. The molecule has 0 aliphatic carbocycles. The van der Waals surface area contributed by atoms with Crippen LogP contribution in [0.2, 0.25) is 0 Å². The van der Waals surface area contributed by atoms with Gasteiger partial charge in [-0.3, -0.25) is 4.79 Å². The molecule has 3 rings (SSSR count). The largest absolute Gasteiger partial charge is 0.497 e. The Kier molecular flexibility index (Phi) is 6.55. The van der Waals surface area contributed by atoms with Gasteiger partial charge in [-0.05, 0) is 46.8 Å². The van der Waals surface area contributed by atoms with E-state index in [1.807, 2.05) is 43.3 Å². The third-order valence-electron chi connectivity index (χ3n) is 4.06. The fourth-order valence-electron chi connectivity index (χ4n) is 2.55. The summed E-state index contributed by atoms with van der Waals surface area (Å²) in [5, 5.41) is 15.1. The summed E-state index contributed by atoms with van der Waals surface area (Å²) in [5.41, 5.74) is 2.45. The quantitative estimate of drug-likeness (QED) is 0.562. The number of carbonyl (C=O) groups is 1. The van der Waals surface area contributed by atoms with E-state index in [0.717, 1.165) is 11.4 Å². The summed E-state index contributed by atoms with van der Waals surface area (Å²) in [6.07, 6.45) is 0. The Morgan fingerprint density at radius 3 is 2.55 bits per heavy atom. The number of hydrogen-bond donors (Lipinski definition) is 1. The van der Waals surface area contributed by atoms with Crippen LogP contribution in [-0.4, -0.2) is 60.2 Å². The number of ether oxygens (including phenoxy) is 2. The van der Waals surface area contributed by atoms with E-state index in [2.05, 4.69) is 20.8 Å². The molecule has 0 bridgehead atoms. The second-order valence-electron chi connectivity index (χ2n) is 6.19. The number of amides is 1. The minimum atomic E-state index is -0.149. The van der Waals surface area contributed by atoms with Crippen molar-refractivity contribution < 1.29 is 14.3 Å². The zero-order valence-corrected chi connectivity index (χ0v) is 17.4. The Balaban J connectivity index is 1.67. The molecule has 1 N–H and O–H groups in total. The number of nitrogens with zero attached hydrogens (tertiary/aromatic N) is 5. The van der Waals surface area contributed by atoms with Gasteiger partial charge in [0.1, 0.15) is 17.2 Å². The first-order valence-corrected chi connectivity index (χ1v) is 9.71. The molecule has 0 atom stereocenters. The second-order valence-corrected chi connectivity index (χ2v) is 7.13. The number of carbonyl (C=O) groups excluding carboxylic acids is 1. The van der Waals surface area contributed by atoms with Crippen LogP contribution < -0.4 is 19.7 Å². The maximum absolute atomic E-state index is 12.3. The number of methoxy groups -OCH3 is 2. The molecule has 10 heteroatoms. The van der Waals surface area contributed by atoms with Crippen molar-refractivity contribution >= 4 is 29.0 Å². The van der Waals surface area contributed by atoms with Crippen LogP contribution in [0, 0.1) is 0 Å². The molecule has 0 spiro atoms. The highest BCUT2D eigenvalue weighted by atomic mass is 32.2. The lowest BCUT2D eigenvalue weighted by Crippen LogP contribution is -2.15. The first kappa shape index (κ1) is 20.5. The SMILES string of the molecule is COc1ccc(-n2nnnc2SCC(=O)Nc2ccc(N(C)C)cc2)c(OC)c1. The van der Waals surface area contributed by atoms with E-state index in [0.29, 0.717) is 22.3 Å². The van der Waals surface area contributed by atoms with Gasteiger partial charge in [-0.1, -0.05) is 11.8 Å². The smallest absolute Gasteiger partial charge is 0.234 e.